The van der Waals surface area contributed by atoms with Crippen molar-refractivity contribution in [2.45, 2.75) is 147 Å². The fraction of sp³-hybridized carbons (Fsp3) is 0.511. The van der Waals surface area contributed by atoms with E-state index in [-0.39, 0.29) is 22.1 Å². The van der Waals surface area contributed by atoms with Crippen LogP contribution >= 0.6 is 22.6 Å². The van der Waals surface area contributed by atoms with E-state index in [0.717, 1.165) is 21.7 Å². The van der Waals surface area contributed by atoms with Crippen molar-refractivity contribution >= 4 is 63.9 Å². The van der Waals surface area contributed by atoms with E-state index in [9.17, 15) is 9.90 Å². The summed E-state index contributed by atoms with van der Waals surface area (Å²) < 4.78 is 27.7. The molecule has 1 aliphatic rings. The van der Waals surface area contributed by atoms with Gasteiger partial charge >= 0.3 is 5.97 Å². The van der Waals surface area contributed by atoms with E-state index >= 15 is 0 Å². The molecule has 2 aromatic carbocycles. The van der Waals surface area contributed by atoms with Gasteiger partial charge in [0.1, 0.15) is 6.10 Å². The summed E-state index contributed by atoms with van der Waals surface area (Å²) in [6.45, 7) is 27.1. The first-order valence-electron chi connectivity index (χ1n) is 20.8. The second kappa shape index (κ2) is 21.4. The van der Waals surface area contributed by atoms with Gasteiger partial charge in [-0.3, -0.25) is 0 Å². The zero-order valence-corrected chi connectivity index (χ0v) is 42.0. The van der Waals surface area contributed by atoms with Gasteiger partial charge in [0.15, 0.2) is 16.6 Å². The second-order valence-corrected chi connectivity index (χ2v) is 33.0. The topological polar surface area (TPSA) is 74.2 Å². The third kappa shape index (κ3) is 13.4. The number of aliphatic hydroxyl groups excluding tert-OH is 1. The van der Waals surface area contributed by atoms with E-state index in [1.165, 1.54) is 16.4 Å². The largest absolute Gasteiger partial charge is 0.455 e. The molecule has 57 heavy (non-hydrogen) atoms. The van der Waals surface area contributed by atoms with Gasteiger partial charge in [0, 0.05) is 22.5 Å². The molecule has 10 heteroatoms. The minimum Gasteiger partial charge on any atom is -0.455 e. The van der Waals surface area contributed by atoms with Crippen LogP contribution in [-0.4, -0.2) is 66.5 Å². The van der Waals surface area contributed by atoms with Crippen LogP contribution in [0.1, 0.15) is 82.1 Å². The molecule has 0 amide bonds. The lowest BCUT2D eigenvalue weighted by molar-refractivity contribution is -0.141. The normalized spacial score (nSPS) is 18.7. The Morgan fingerprint density at radius 2 is 1.46 bits per heavy atom. The highest BCUT2D eigenvalue weighted by Gasteiger charge is 2.50. The first-order valence-corrected chi connectivity index (χ1v) is 29.2. The van der Waals surface area contributed by atoms with Gasteiger partial charge in [-0.05, 0) is 99.4 Å². The third-order valence-corrected chi connectivity index (χ3v) is 26.9. The number of aliphatic hydroxyl groups is 1. The average molecular weight is 943 g/mol. The molecule has 2 aromatic rings. The molecule has 0 saturated carbocycles. The SMILES string of the molecule is CC[Si](CC)(CC)O[C@](C)(/C=C/[C@H]1CC=CC(=O)O1)[C@H](O)C[C@H](/C=C(I)/C=C\C=C\CO[Si](c1ccccc1)(c1ccccc1)C(C)(C)C)O[Si](C)(C)C(C)(C)C. The van der Waals surface area contributed by atoms with Crippen LogP contribution in [0.5, 0.6) is 0 Å². The maximum absolute atomic E-state index is 12.2. The van der Waals surface area contributed by atoms with Crippen LogP contribution in [0.25, 0.3) is 0 Å². The molecule has 0 unspecified atom stereocenters. The van der Waals surface area contributed by atoms with Crippen LogP contribution < -0.4 is 10.4 Å². The molecule has 0 saturated heterocycles. The third-order valence-electron chi connectivity index (χ3n) is 11.9. The summed E-state index contributed by atoms with van der Waals surface area (Å²) in [5.41, 5.74) is -1.00. The molecule has 0 aromatic heterocycles. The average Bonchev–Trinajstić information content (AvgIpc) is 3.15. The summed E-state index contributed by atoms with van der Waals surface area (Å²) >= 11 is 2.36. The van der Waals surface area contributed by atoms with Crippen molar-refractivity contribution < 1.29 is 27.9 Å². The summed E-state index contributed by atoms with van der Waals surface area (Å²) in [7, 11) is -7.05. The van der Waals surface area contributed by atoms with E-state index in [0.29, 0.717) is 19.4 Å². The van der Waals surface area contributed by atoms with E-state index in [1.54, 1.807) is 0 Å². The van der Waals surface area contributed by atoms with Gasteiger partial charge in [0.2, 0.25) is 0 Å². The lowest BCUT2D eigenvalue weighted by Gasteiger charge is -2.44. The predicted molar refractivity (Wildman–Crippen MR) is 256 cm³/mol. The van der Waals surface area contributed by atoms with Crippen LogP contribution in [-0.2, 0) is 22.8 Å². The van der Waals surface area contributed by atoms with Crippen LogP contribution in [0.3, 0.4) is 0 Å². The van der Waals surface area contributed by atoms with E-state index in [2.05, 4.69) is 183 Å². The van der Waals surface area contributed by atoms with Gasteiger partial charge < -0.3 is 23.1 Å². The summed E-state index contributed by atoms with van der Waals surface area (Å²) in [4.78, 5) is 12.0. The monoisotopic (exact) mass is 942 g/mol. The number of carbonyl (C=O) groups is 1. The number of cyclic esters (lactones) is 1. The van der Waals surface area contributed by atoms with Crippen molar-refractivity contribution in [2.24, 2.45) is 0 Å². The van der Waals surface area contributed by atoms with Gasteiger partial charge in [-0.15, -0.1) is 0 Å². The predicted octanol–water partition coefficient (Wildman–Crippen LogP) is 11.3. The molecule has 0 bridgehead atoms. The lowest BCUT2D eigenvalue weighted by atomic mass is 9.93. The Bertz CT molecular complexity index is 1660. The van der Waals surface area contributed by atoms with Gasteiger partial charge in [-0.1, -0.05) is 153 Å². The molecule has 3 rings (SSSR count). The Morgan fingerprint density at radius 1 is 0.895 bits per heavy atom. The molecule has 0 aliphatic carbocycles. The standard InChI is InChI=1S/C47H71IO6Si3/c1-13-56(14-2,15-3)54-47(10,34-33-39-27-25-32-44(50)52-39)43(49)37-40(53-55(11,12)45(4,5)6)36-38(48)26-19-18-24-35-51-57(46(7,8)9,41-28-20-16-21-29-41)42-30-22-17-23-31-42/h16-26,28-34,36,39-40,43,49H,13-15,27,35,37H2,1-12H3/b24-18+,26-19-,34-33+,38-36-/t39-,40+,43-,47-/m1/s1. The maximum Gasteiger partial charge on any atom is 0.331 e. The molecule has 314 valence electrons. The highest BCUT2D eigenvalue weighted by molar-refractivity contribution is 14.1. The molecule has 0 radical (unpaired) electrons. The Morgan fingerprint density at radius 3 is 1.95 bits per heavy atom. The van der Waals surface area contributed by atoms with Crippen molar-refractivity contribution in [3.8, 4) is 0 Å². The van der Waals surface area contributed by atoms with Crippen molar-refractivity contribution in [1.82, 2.24) is 0 Å². The van der Waals surface area contributed by atoms with Gasteiger partial charge in [-0.2, -0.15) is 0 Å². The number of hydrogen-bond donors (Lipinski definition) is 1. The summed E-state index contributed by atoms with van der Waals surface area (Å²) in [5, 5.41) is 14.6. The van der Waals surface area contributed by atoms with Gasteiger partial charge in [0.25, 0.3) is 8.32 Å². The van der Waals surface area contributed by atoms with E-state index < -0.39 is 42.8 Å². The van der Waals surface area contributed by atoms with Crippen LogP contribution in [0.15, 0.2) is 119 Å². The number of carbonyl (C=O) groups excluding carboxylic acids is 1. The Kier molecular flexibility index (Phi) is 18.5. The lowest BCUT2D eigenvalue weighted by Crippen LogP contribution is -2.66. The molecule has 1 N–H and O–H groups in total. The Labute approximate surface area is 362 Å². The van der Waals surface area contributed by atoms with Crippen molar-refractivity contribution in [2.75, 3.05) is 6.61 Å². The molecule has 1 aliphatic heterocycles. The number of rotatable bonds is 20. The van der Waals surface area contributed by atoms with Crippen LogP contribution in [0, 0.1) is 0 Å². The van der Waals surface area contributed by atoms with Crippen molar-refractivity contribution in [1.29, 1.82) is 0 Å². The fourth-order valence-electron chi connectivity index (χ4n) is 7.21. The molecule has 4 atom stereocenters. The number of benzene rings is 2. The molecule has 0 spiro atoms. The molecule has 1 heterocycles. The number of hydrogen-bond acceptors (Lipinski definition) is 6. The summed E-state index contributed by atoms with van der Waals surface area (Å²) in [6, 6.07) is 24.3. The Balaban J connectivity index is 1.91. The zero-order valence-electron chi connectivity index (χ0n) is 36.8. The number of halogens is 1. The van der Waals surface area contributed by atoms with Crippen molar-refractivity contribution in [3.05, 3.63) is 119 Å². The zero-order chi connectivity index (χ0) is 42.5. The smallest absolute Gasteiger partial charge is 0.331 e. The number of ether oxygens (including phenoxy) is 1. The van der Waals surface area contributed by atoms with Gasteiger partial charge in [-0.25, -0.2) is 4.79 Å². The van der Waals surface area contributed by atoms with E-state index in [4.69, 9.17) is 18.0 Å². The Hall–Kier alpha value is -2.17. The highest BCUT2D eigenvalue weighted by atomic mass is 127. The van der Waals surface area contributed by atoms with Crippen LogP contribution in [0.4, 0.5) is 0 Å². The molecule has 6 nitrogen and oxygen atoms in total. The number of esters is 1. The minimum atomic E-state index is -2.63. The minimum absolute atomic E-state index is 0.0219. The summed E-state index contributed by atoms with van der Waals surface area (Å²) in [5.74, 6) is -0.351. The van der Waals surface area contributed by atoms with Gasteiger partial charge in [0.05, 0.1) is 24.4 Å². The number of allylic oxidation sites excluding steroid dienone is 4. The molecular weight excluding hydrogens is 872 g/mol. The quantitative estimate of drug-likeness (QED) is 0.0469. The van der Waals surface area contributed by atoms with Crippen LogP contribution in [0.2, 0.25) is 41.3 Å². The fourth-order valence-corrected chi connectivity index (χ4v) is 16.7. The molecular formula is C47H71IO6Si3. The summed E-state index contributed by atoms with van der Waals surface area (Å²) in [6.07, 6.45) is 16.8. The first-order chi connectivity index (χ1) is 26.7. The van der Waals surface area contributed by atoms with E-state index in [1.807, 2.05) is 31.2 Å². The maximum atomic E-state index is 12.2. The van der Waals surface area contributed by atoms with Crippen molar-refractivity contribution in [3.63, 3.8) is 0 Å². The molecule has 0 fully saturated rings. The highest BCUT2D eigenvalue weighted by Crippen LogP contribution is 2.40. The second-order valence-electron chi connectivity index (χ2n) is 18.0. The first kappa shape index (κ1) is 49.2.